The van der Waals surface area contributed by atoms with E-state index in [2.05, 4.69) is 0 Å². The molecule has 2 aromatic heterocycles. The summed E-state index contributed by atoms with van der Waals surface area (Å²) in [5.74, 6) is 2.13. The molecule has 6 bridgehead atoms. The molecule has 304 valence electrons. The molecular formula is C47H38N10O4Si. The van der Waals surface area contributed by atoms with Crippen molar-refractivity contribution in [1.29, 1.82) is 0 Å². The number of benzene rings is 5. The Morgan fingerprint density at radius 3 is 1.65 bits per heavy atom. The Kier molecular flexibility index (Phi) is 8.02. The number of amides is 2. The Hall–Kier alpha value is -7.78. The van der Waals surface area contributed by atoms with E-state index in [1.54, 1.807) is 36.7 Å². The second kappa shape index (κ2) is 13.4. The maximum Gasteiger partial charge on any atom is 0.744 e. The molecule has 0 saturated heterocycles. The SMILES string of the molecule is Cc1ccc2c(c1)C1=NC/2=N\c2c3cccc(-c4ccccc4)c3c3n2[Si](OC(=O)N(C)C)(OC(=O)N(C)C)n2/c(c4ccc(C)cc4/c2=N/C2=NC(=N\3)/c3cc(C)ccc32)=N\1. The lowest BCUT2D eigenvalue weighted by Crippen LogP contribution is -2.66. The Morgan fingerprint density at radius 2 is 1.02 bits per heavy atom. The lowest BCUT2D eigenvalue weighted by atomic mass is 10.00. The minimum atomic E-state index is -5.09. The van der Waals surface area contributed by atoms with Crippen molar-refractivity contribution in [1.82, 2.24) is 18.3 Å². The summed E-state index contributed by atoms with van der Waals surface area (Å²) in [6, 6.07) is 34.0. The highest BCUT2D eigenvalue weighted by molar-refractivity contribution is 6.69. The predicted molar refractivity (Wildman–Crippen MR) is 241 cm³/mol. The summed E-state index contributed by atoms with van der Waals surface area (Å²) in [6.45, 7) is 6.03. The van der Waals surface area contributed by atoms with E-state index in [-0.39, 0.29) is 0 Å². The number of fused-ring (bicyclic) bond motifs is 14. The molecule has 0 radical (unpaired) electrons. The number of nitrogens with zero attached hydrogens (tertiary/aromatic N) is 10. The number of carbonyl (C=O) groups excluding carboxylic acids is 2. The topological polar surface area (TPSA) is 143 Å². The van der Waals surface area contributed by atoms with Gasteiger partial charge >= 0.3 is 21.1 Å². The fraction of sp³-hybridized carbons (Fsp3) is 0.149. The number of aryl methyl sites for hydroxylation is 3. The van der Waals surface area contributed by atoms with E-state index in [4.69, 9.17) is 38.8 Å². The van der Waals surface area contributed by atoms with Crippen LogP contribution in [-0.2, 0) is 8.85 Å². The average molecular weight is 835 g/mol. The van der Waals surface area contributed by atoms with E-state index in [0.717, 1.165) is 50.1 Å². The summed E-state index contributed by atoms with van der Waals surface area (Å²) < 4.78 is 17.3. The molecule has 4 aliphatic heterocycles. The molecule has 62 heavy (non-hydrogen) atoms. The van der Waals surface area contributed by atoms with Gasteiger partial charge in [0.15, 0.2) is 23.3 Å². The minimum Gasteiger partial charge on any atom is -0.435 e. The predicted octanol–water partition coefficient (Wildman–Crippen LogP) is 7.36. The number of hydrogen-bond donors (Lipinski definition) is 0. The molecule has 11 rings (SSSR count). The summed E-state index contributed by atoms with van der Waals surface area (Å²) >= 11 is 0. The summed E-state index contributed by atoms with van der Waals surface area (Å²) in [4.78, 5) is 63.9. The van der Waals surface area contributed by atoms with Gasteiger partial charge in [-0.25, -0.2) is 39.5 Å². The fourth-order valence-electron chi connectivity index (χ4n) is 8.49. The maximum atomic E-state index is 14.6. The van der Waals surface area contributed by atoms with Crippen LogP contribution in [0.2, 0.25) is 0 Å². The van der Waals surface area contributed by atoms with Crippen molar-refractivity contribution in [3.8, 4) is 11.1 Å². The van der Waals surface area contributed by atoms with Crippen LogP contribution in [0.15, 0.2) is 133 Å². The zero-order valence-corrected chi connectivity index (χ0v) is 35.9. The monoisotopic (exact) mass is 834 g/mol. The summed E-state index contributed by atoms with van der Waals surface area (Å²) in [5, 5.41) is 2.63. The van der Waals surface area contributed by atoms with Crippen LogP contribution in [0.5, 0.6) is 0 Å². The molecule has 15 heteroatoms. The third kappa shape index (κ3) is 5.40. The van der Waals surface area contributed by atoms with Crippen molar-refractivity contribution < 1.29 is 18.4 Å². The first-order valence-electron chi connectivity index (χ1n) is 20.1. The van der Waals surface area contributed by atoms with Gasteiger partial charge in [0.25, 0.3) is 0 Å². The molecule has 2 amide bonds. The van der Waals surface area contributed by atoms with Gasteiger partial charge in [0.2, 0.25) is 0 Å². The first-order valence-corrected chi connectivity index (χ1v) is 21.8. The third-order valence-electron chi connectivity index (χ3n) is 11.4. The molecule has 0 aliphatic carbocycles. The van der Waals surface area contributed by atoms with Crippen LogP contribution in [0.1, 0.15) is 38.9 Å². The zero-order valence-electron chi connectivity index (χ0n) is 34.9. The number of amidine groups is 4. The number of aliphatic imine (C=N–C) groups is 4. The summed E-state index contributed by atoms with van der Waals surface area (Å²) in [7, 11) is 1.24. The molecular weight excluding hydrogens is 797 g/mol. The second-order valence-corrected chi connectivity index (χ2v) is 18.6. The molecule has 14 nitrogen and oxygen atoms in total. The average Bonchev–Trinajstić information content (AvgIpc) is 3.95. The van der Waals surface area contributed by atoms with Crippen LogP contribution in [0.3, 0.4) is 0 Å². The van der Waals surface area contributed by atoms with E-state index < -0.39 is 21.1 Å². The van der Waals surface area contributed by atoms with E-state index in [9.17, 15) is 9.59 Å². The van der Waals surface area contributed by atoms with Crippen LogP contribution >= 0.6 is 0 Å². The van der Waals surface area contributed by atoms with Crippen LogP contribution in [0.25, 0.3) is 32.7 Å². The van der Waals surface area contributed by atoms with Crippen molar-refractivity contribution in [2.45, 2.75) is 20.8 Å². The van der Waals surface area contributed by atoms with Gasteiger partial charge in [0.05, 0.1) is 0 Å². The molecule has 6 heterocycles. The van der Waals surface area contributed by atoms with Crippen LogP contribution < -0.4 is 11.0 Å². The van der Waals surface area contributed by atoms with Gasteiger partial charge < -0.3 is 18.7 Å². The number of hydrogen-bond acceptors (Lipinski definition) is 10. The highest BCUT2D eigenvalue weighted by atomic mass is 28.4. The molecule has 0 unspecified atom stereocenters. The Morgan fingerprint density at radius 1 is 0.484 bits per heavy atom. The van der Waals surface area contributed by atoms with Crippen LogP contribution in [-0.4, -0.2) is 90.9 Å². The molecule has 0 atom stereocenters. The first kappa shape index (κ1) is 37.2. The molecule has 0 spiro atoms. The molecule has 4 aliphatic rings. The van der Waals surface area contributed by atoms with E-state index in [0.29, 0.717) is 67.5 Å². The maximum absolute atomic E-state index is 14.6. The standard InChI is InChI=1S/C47H38N10O4Si/c1-25-16-19-30-34(22-25)40-48-38(30)50-43-33-15-11-14-29(28-12-9-8-10-13-28)37(33)45-53-41-35-23-26(2)17-20-31(35)39(49-41)51-44-36-24-27(3)18-21-32(36)42(52-40)56(44)62(57(43)45,60-46(58)54(4)5)61-47(59)55(6)7/h8-24H,1-7H3/b50-38-,50-43?,51-39?,51-44-,52-40?,52-42-,53-41-,53-45?. The Labute approximate surface area is 356 Å². The van der Waals surface area contributed by atoms with Gasteiger partial charge in [-0.15, -0.1) is 0 Å². The smallest absolute Gasteiger partial charge is 0.435 e. The van der Waals surface area contributed by atoms with E-state index in [1.165, 1.54) is 9.80 Å². The first-order chi connectivity index (χ1) is 29.9. The minimum absolute atomic E-state index is 0.299. The fourth-order valence-corrected chi connectivity index (χ4v) is 11.7. The van der Waals surface area contributed by atoms with Crippen molar-refractivity contribution >= 4 is 77.6 Å². The zero-order chi connectivity index (χ0) is 42.8. The van der Waals surface area contributed by atoms with E-state index >= 15 is 0 Å². The third-order valence-corrected chi connectivity index (χ3v) is 14.3. The van der Waals surface area contributed by atoms with Crippen molar-refractivity contribution in [2.75, 3.05) is 28.2 Å². The second-order valence-electron chi connectivity index (χ2n) is 16.2. The molecule has 7 aromatic rings. The molecule has 0 fully saturated rings. The van der Waals surface area contributed by atoms with Crippen molar-refractivity contribution in [2.24, 2.45) is 30.0 Å². The lowest BCUT2D eigenvalue weighted by Gasteiger charge is -2.33. The van der Waals surface area contributed by atoms with Gasteiger partial charge in [0.1, 0.15) is 22.6 Å². The number of rotatable bonds is 3. The quantitative estimate of drug-likeness (QED) is 0.172. The Balaban J connectivity index is 1.48. The van der Waals surface area contributed by atoms with Crippen LogP contribution in [0.4, 0.5) is 21.2 Å². The highest BCUT2D eigenvalue weighted by Gasteiger charge is 2.60. The van der Waals surface area contributed by atoms with Crippen molar-refractivity contribution in [3.63, 3.8) is 0 Å². The normalized spacial score (nSPS) is 17.7. The lowest BCUT2D eigenvalue weighted by molar-refractivity contribution is 0.124. The van der Waals surface area contributed by atoms with Crippen molar-refractivity contribution in [3.05, 3.63) is 153 Å². The number of aromatic nitrogens is 2. The Bertz CT molecular complexity index is 3430. The molecule has 0 N–H and O–H groups in total. The molecule has 0 saturated carbocycles. The molecule has 5 aromatic carbocycles. The summed E-state index contributed by atoms with van der Waals surface area (Å²) in [6.07, 6.45) is -1.56. The highest BCUT2D eigenvalue weighted by Crippen LogP contribution is 2.47. The largest absolute Gasteiger partial charge is 0.744 e. The van der Waals surface area contributed by atoms with Crippen LogP contribution in [0, 0.1) is 20.8 Å². The van der Waals surface area contributed by atoms with Gasteiger partial charge in [-0.2, -0.15) is 0 Å². The van der Waals surface area contributed by atoms with Gasteiger partial charge in [-0.3, -0.25) is 8.47 Å². The van der Waals surface area contributed by atoms with Gasteiger partial charge in [0, 0.05) is 72.0 Å². The van der Waals surface area contributed by atoms with Gasteiger partial charge in [-0.05, 0) is 50.1 Å². The summed E-state index contributed by atoms with van der Waals surface area (Å²) in [5.41, 5.74) is 8.34. The van der Waals surface area contributed by atoms with Gasteiger partial charge in [-0.1, -0.05) is 102 Å². The number of carbonyl (C=O) groups is 2. The van der Waals surface area contributed by atoms with E-state index in [1.807, 2.05) is 124 Å².